The number of Topliss-reactive ketones (excluding diaryl/α,β-unsaturated/α-hetero) is 2. The predicted octanol–water partition coefficient (Wildman–Crippen LogP) is 5.31. The van der Waals surface area contributed by atoms with Gasteiger partial charge in [-0.2, -0.15) is 0 Å². The molecule has 0 bridgehead atoms. The molecule has 0 unspecified atom stereocenters. The lowest BCUT2D eigenvalue weighted by Gasteiger charge is -2.19. The molecule has 1 atom stereocenters. The summed E-state index contributed by atoms with van der Waals surface area (Å²) in [5.41, 5.74) is 0.652. The zero-order valence-corrected chi connectivity index (χ0v) is 18.2. The van der Waals surface area contributed by atoms with Crippen molar-refractivity contribution in [2.24, 2.45) is 5.41 Å². The van der Waals surface area contributed by atoms with Gasteiger partial charge >= 0.3 is 0 Å². The Balaban J connectivity index is 1.80. The Hall–Kier alpha value is -3.44. The highest BCUT2D eigenvalue weighted by atomic mass is 16.7. The molecule has 1 aliphatic carbocycles. The van der Waals surface area contributed by atoms with Gasteiger partial charge in [0.05, 0.1) is 6.61 Å². The van der Waals surface area contributed by atoms with Gasteiger partial charge in [-0.1, -0.05) is 72.8 Å². The van der Waals surface area contributed by atoms with E-state index in [1.807, 2.05) is 61.5 Å². The van der Waals surface area contributed by atoms with Crippen molar-refractivity contribution < 1.29 is 23.8 Å². The number of benzene rings is 3. The first-order valence-electron chi connectivity index (χ1n) is 10.7. The van der Waals surface area contributed by atoms with Crippen LogP contribution in [0, 0.1) is 5.41 Å². The molecule has 0 N–H and O–H groups in total. The molecule has 3 aromatic carbocycles. The number of methoxy groups -OCH3 is 1. The molecule has 4 rings (SSSR count). The molecule has 0 aliphatic heterocycles. The molecule has 164 valence electrons. The van der Waals surface area contributed by atoms with Crippen LogP contribution in [0.5, 0.6) is 11.5 Å². The lowest BCUT2D eigenvalue weighted by Crippen LogP contribution is -2.28. The van der Waals surface area contributed by atoms with Crippen molar-refractivity contribution in [3.8, 4) is 11.5 Å². The van der Waals surface area contributed by atoms with E-state index < -0.39 is 5.41 Å². The highest BCUT2D eigenvalue weighted by Gasteiger charge is 2.66. The van der Waals surface area contributed by atoms with E-state index in [0.29, 0.717) is 35.7 Å². The fourth-order valence-corrected chi connectivity index (χ4v) is 4.29. The van der Waals surface area contributed by atoms with Crippen LogP contribution in [-0.2, 0) is 4.74 Å². The number of carbonyl (C=O) groups excluding carboxylic acids is 2. The molecule has 32 heavy (non-hydrogen) atoms. The number of carbonyl (C=O) groups is 2. The van der Waals surface area contributed by atoms with Crippen molar-refractivity contribution in [3.05, 3.63) is 95.6 Å². The first-order valence-corrected chi connectivity index (χ1v) is 10.7. The van der Waals surface area contributed by atoms with E-state index in [4.69, 9.17) is 14.2 Å². The first kappa shape index (κ1) is 21.8. The SMILES string of the molecule is CCOc1cccc([C@H]2CC2(C(=O)c2ccccc2)C(=O)c2ccccc2)c1OCOC. The third kappa shape index (κ3) is 3.92. The Morgan fingerprint density at radius 2 is 1.44 bits per heavy atom. The Bertz CT molecular complexity index is 1040. The second-order valence-corrected chi connectivity index (χ2v) is 7.78. The van der Waals surface area contributed by atoms with Gasteiger partial charge < -0.3 is 14.2 Å². The summed E-state index contributed by atoms with van der Waals surface area (Å²) >= 11 is 0. The molecule has 3 aromatic rings. The summed E-state index contributed by atoms with van der Waals surface area (Å²) in [6.45, 7) is 2.40. The van der Waals surface area contributed by atoms with Gasteiger partial charge in [-0.15, -0.1) is 0 Å². The summed E-state index contributed by atoms with van der Waals surface area (Å²) in [5, 5.41) is 0. The van der Waals surface area contributed by atoms with Gasteiger partial charge in [0.15, 0.2) is 29.9 Å². The number of hydrogen-bond donors (Lipinski definition) is 0. The summed E-state index contributed by atoms with van der Waals surface area (Å²) in [4.78, 5) is 27.5. The van der Waals surface area contributed by atoms with Gasteiger partial charge in [-0.25, -0.2) is 0 Å². The topological polar surface area (TPSA) is 61.8 Å². The number of para-hydroxylation sites is 1. The summed E-state index contributed by atoms with van der Waals surface area (Å²) < 4.78 is 16.7. The Kier molecular flexibility index (Phi) is 6.37. The van der Waals surface area contributed by atoms with Gasteiger partial charge in [0.25, 0.3) is 0 Å². The normalized spacial score (nSPS) is 16.2. The van der Waals surface area contributed by atoms with Gasteiger partial charge in [0, 0.05) is 29.7 Å². The third-order valence-corrected chi connectivity index (χ3v) is 5.85. The highest BCUT2D eigenvalue weighted by Crippen LogP contribution is 2.64. The number of ketones is 2. The van der Waals surface area contributed by atoms with Crippen LogP contribution in [0.3, 0.4) is 0 Å². The maximum absolute atomic E-state index is 13.7. The standard InChI is InChI=1S/C27H26O5/c1-3-31-23-16-10-15-21(24(23)32-18-30-2)22-17-27(22,25(28)19-11-6-4-7-12-19)26(29)20-13-8-5-9-14-20/h4-16,22H,3,17-18H2,1-2H3/t22-/m1/s1. The Morgan fingerprint density at radius 1 is 0.844 bits per heavy atom. The fraction of sp³-hybridized carbons (Fsp3) is 0.259. The lowest BCUT2D eigenvalue weighted by molar-refractivity contribution is 0.0478. The zero-order valence-electron chi connectivity index (χ0n) is 18.2. The monoisotopic (exact) mass is 430 g/mol. The molecule has 1 aliphatic rings. The molecule has 0 aromatic heterocycles. The minimum absolute atomic E-state index is 0.0378. The van der Waals surface area contributed by atoms with Crippen molar-refractivity contribution in [3.63, 3.8) is 0 Å². The van der Waals surface area contributed by atoms with Crippen LogP contribution >= 0.6 is 0 Å². The molecule has 5 heteroatoms. The average Bonchev–Trinajstić information content (AvgIpc) is 3.60. The molecule has 0 amide bonds. The lowest BCUT2D eigenvalue weighted by atomic mass is 9.83. The van der Waals surface area contributed by atoms with E-state index in [9.17, 15) is 9.59 Å². The molecule has 1 fully saturated rings. The molecule has 0 spiro atoms. The zero-order chi connectivity index (χ0) is 22.6. The first-order chi connectivity index (χ1) is 15.6. The van der Waals surface area contributed by atoms with Gasteiger partial charge in [-0.05, 0) is 19.4 Å². The molecular formula is C27H26O5. The van der Waals surface area contributed by atoms with Crippen molar-refractivity contribution in [2.75, 3.05) is 20.5 Å². The largest absolute Gasteiger partial charge is 0.490 e. The number of hydrogen-bond acceptors (Lipinski definition) is 5. The maximum atomic E-state index is 13.7. The second kappa shape index (κ2) is 9.37. The predicted molar refractivity (Wildman–Crippen MR) is 121 cm³/mol. The fourth-order valence-electron chi connectivity index (χ4n) is 4.29. The van der Waals surface area contributed by atoms with E-state index in [-0.39, 0.29) is 24.3 Å². The van der Waals surface area contributed by atoms with E-state index >= 15 is 0 Å². The van der Waals surface area contributed by atoms with E-state index in [2.05, 4.69) is 0 Å². The molecule has 0 saturated heterocycles. The van der Waals surface area contributed by atoms with Crippen LogP contribution < -0.4 is 9.47 Å². The van der Waals surface area contributed by atoms with E-state index in [1.54, 1.807) is 31.4 Å². The van der Waals surface area contributed by atoms with Crippen molar-refractivity contribution in [2.45, 2.75) is 19.3 Å². The van der Waals surface area contributed by atoms with Gasteiger partial charge in [-0.3, -0.25) is 9.59 Å². The van der Waals surface area contributed by atoms with Crippen molar-refractivity contribution in [1.29, 1.82) is 0 Å². The van der Waals surface area contributed by atoms with Gasteiger partial charge in [0.2, 0.25) is 0 Å². The molecule has 5 nitrogen and oxygen atoms in total. The maximum Gasteiger partial charge on any atom is 0.188 e. The van der Waals surface area contributed by atoms with E-state index in [0.717, 1.165) is 5.56 Å². The minimum atomic E-state index is -1.18. The summed E-state index contributed by atoms with van der Waals surface area (Å²) in [5.74, 6) is 0.426. The number of rotatable bonds is 10. The van der Waals surface area contributed by atoms with E-state index in [1.165, 1.54) is 0 Å². The summed E-state index contributed by atoms with van der Waals surface area (Å²) in [6.07, 6.45) is 0.410. The van der Waals surface area contributed by atoms with Crippen LogP contribution in [0.25, 0.3) is 0 Å². The van der Waals surface area contributed by atoms with Gasteiger partial charge in [0.1, 0.15) is 5.41 Å². The quantitative estimate of drug-likeness (QED) is 0.248. The van der Waals surface area contributed by atoms with Crippen LogP contribution in [0.4, 0.5) is 0 Å². The van der Waals surface area contributed by atoms with Crippen LogP contribution in [0.2, 0.25) is 0 Å². The highest BCUT2D eigenvalue weighted by molar-refractivity contribution is 6.23. The van der Waals surface area contributed by atoms with Crippen LogP contribution in [-0.4, -0.2) is 32.1 Å². The third-order valence-electron chi connectivity index (χ3n) is 5.85. The van der Waals surface area contributed by atoms with Crippen LogP contribution in [0.15, 0.2) is 78.9 Å². The van der Waals surface area contributed by atoms with Crippen molar-refractivity contribution in [1.82, 2.24) is 0 Å². The smallest absolute Gasteiger partial charge is 0.188 e. The van der Waals surface area contributed by atoms with Crippen LogP contribution in [0.1, 0.15) is 45.5 Å². The summed E-state index contributed by atoms with van der Waals surface area (Å²) in [6, 6.07) is 23.6. The molecular weight excluding hydrogens is 404 g/mol. The van der Waals surface area contributed by atoms with Crippen molar-refractivity contribution >= 4 is 11.6 Å². The summed E-state index contributed by atoms with van der Waals surface area (Å²) in [7, 11) is 1.54. The minimum Gasteiger partial charge on any atom is -0.490 e. The number of ether oxygens (including phenoxy) is 3. The second-order valence-electron chi connectivity index (χ2n) is 7.78. The molecule has 0 radical (unpaired) electrons. The Labute approximate surface area is 187 Å². The average molecular weight is 431 g/mol. The molecule has 1 saturated carbocycles. The Morgan fingerprint density at radius 3 is 1.97 bits per heavy atom. The molecule has 0 heterocycles.